The first-order valence-corrected chi connectivity index (χ1v) is 9.49. The lowest BCUT2D eigenvalue weighted by Gasteiger charge is -2.26. The highest BCUT2D eigenvalue weighted by Gasteiger charge is 2.21. The van der Waals surface area contributed by atoms with Gasteiger partial charge in [-0.15, -0.1) is 0 Å². The predicted molar refractivity (Wildman–Crippen MR) is 101 cm³/mol. The zero-order chi connectivity index (χ0) is 17.5. The minimum absolute atomic E-state index is 0.125. The van der Waals surface area contributed by atoms with Crippen LogP contribution in [0, 0.1) is 5.82 Å². The first kappa shape index (κ1) is 17.6. The smallest absolute Gasteiger partial charge is 0.189 e. The molecular formula is C19H22FN3OS. The Morgan fingerprint density at radius 3 is 2.92 bits per heavy atom. The van der Waals surface area contributed by atoms with Gasteiger partial charge in [0.05, 0.1) is 19.2 Å². The summed E-state index contributed by atoms with van der Waals surface area (Å²) in [6.07, 6.45) is 0.856. The SMILES string of the molecule is NC(=NCCSCc1ccccc1F)NC1CCOc2ccccc21. The van der Waals surface area contributed by atoms with Crippen LogP contribution in [0.15, 0.2) is 53.5 Å². The fourth-order valence-corrected chi connectivity index (χ4v) is 3.56. The summed E-state index contributed by atoms with van der Waals surface area (Å²) in [5.74, 6) is 2.62. The molecule has 6 heteroatoms. The summed E-state index contributed by atoms with van der Waals surface area (Å²) in [4.78, 5) is 4.37. The maximum Gasteiger partial charge on any atom is 0.189 e. The third-order valence-electron chi connectivity index (χ3n) is 4.01. The zero-order valence-electron chi connectivity index (χ0n) is 14.0. The number of benzene rings is 2. The van der Waals surface area contributed by atoms with Gasteiger partial charge in [-0.3, -0.25) is 4.99 Å². The summed E-state index contributed by atoms with van der Waals surface area (Å²) in [6.45, 7) is 1.27. The Kier molecular flexibility index (Phi) is 6.17. The van der Waals surface area contributed by atoms with Gasteiger partial charge < -0.3 is 15.8 Å². The van der Waals surface area contributed by atoms with Gasteiger partial charge in [0.15, 0.2) is 5.96 Å². The third-order valence-corrected chi connectivity index (χ3v) is 5.00. The van der Waals surface area contributed by atoms with Crippen LogP contribution in [-0.2, 0) is 5.75 Å². The van der Waals surface area contributed by atoms with Crippen molar-refractivity contribution in [2.45, 2.75) is 18.2 Å². The van der Waals surface area contributed by atoms with E-state index in [4.69, 9.17) is 10.5 Å². The molecule has 0 spiro atoms. The summed E-state index contributed by atoms with van der Waals surface area (Å²) >= 11 is 1.65. The molecule has 3 rings (SSSR count). The van der Waals surface area contributed by atoms with Crippen molar-refractivity contribution in [2.75, 3.05) is 18.9 Å². The van der Waals surface area contributed by atoms with Crippen LogP contribution in [0.3, 0.4) is 0 Å². The van der Waals surface area contributed by atoms with E-state index in [1.165, 1.54) is 6.07 Å². The molecule has 1 aliphatic rings. The van der Waals surface area contributed by atoms with E-state index in [9.17, 15) is 4.39 Å². The molecular weight excluding hydrogens is 337 g/mol. The van der Waals surface area contributed by atoms with Gasteiger partial charge in [-0.1, -0.05) is 36.4 Å². The van der Waals surface area contributed by atoms with Crippen LogP contribution in [-0.4, -0.2) is 24.9 Å². The van der Waals surface area contributed by atoms with E-state index < -0.39 is 0 Å². The lowest BCUT2D eigenvalue weighted by atomic mass is 10.0. The number of nitrogens with zero attached hydrogens (tertiary/aromatic N) is 1. The van der Waals surface area contributed by atoms with Gasteiger partial charge in [0.25, 0.3) is 0 Å². The topological polar surface area (TPSA) is 59.6 Å². The number of ether oxygens (including phenoxy) is 1. The van der Waals surface area contributed by atoms with Crippen molar-refractivity contribution in [1.82, 2.24) is 5.32 Å². The molecule has 0 amide bonds. The molecule has 0 saturated heterocycles. The van der Waals surface area contributed by atoms with Gasteiger partial charge in [0.1, 0.15) is 11.6 Å². The first-order chi connectivity index (χ1) is 12.2. The van der Waals surface area contributed by atoms with Crippen LogP contribution >= 0.6 is 11.8 Å². The highest BCUT2D eigenvalue weighted by Crippen LogP contribution is 2.31. The number of guanidine groups is 1. The minimum atomic E-state index is -0.155. The van der Waals surface area contributed by atoms with E-state index in [2.05, 4.69) is 10.3 Å². The van der Waals surface area contributed by atoms with Crippen LogP contribution in [0.1, 0.15) is 23.6 Å². The van der Waals surface area contributed by atoms with Crippen molar-refractivity contribution in [3.8, 4) is 5.75 Å². The molecule has 0 radical (unpaired) electrons. The summed E-state index contributed by atoms with van der Waals surface area (Å²) in [6, 6.07) is 14.9. The predicted octanol–water partition coefficient (Wildman–Crippen LogP) is 3.49. The highest BCUT2D eigenvalue weighted by atomic mass is 32.2. The Hall–Kier alpha value is -2.21. The molecule has 1 aliphatic heterocycles. The Bertz CT molecular complexity index is 738. The van der Waals surface area contributed by atoms with Gasteiger partial charge in [-0.05, 0) is 17.7 Å². The molecule has 1 unspecified atom stereocenters. The average Bonchev–Trinajstić information content (AvgIpc) is 2.63. The van der Waals surface area contributed by atoms with Crippen molar-refractivity contribution in [2.24, 2.45) is 10.7 Å². The van der Waals surface area contributed by atoms with E-state index in [-0.39, 0.29) is 11.9 Å². The molecule has 0 bridgehead atoms. The van der Waals surface area contributed by atoms with Gasteiger partial charge in [0.2, 0.25) is 0 Å². The standard InChI is InChI=1S/C19H22FN3OS/c20-16-7-3-1-5-14(16)13-25-12-10-22-19(21)23-17-9-11-24-18-8-4-2-6-15(17)18/h1-8,17H,9-13H2,(H3,21,22,23). The monoisotopic (exact) mass is 359 g/mol. The molecule has 0 saturated carbocycles. The van der Waals surface area contributed by atoms with Crippen molar-refractivity contribution >= 4 is 17.7 Å². The second-order valence-corrected chi connectivity index (χ2v) is 6.89. The summed E-state index contributed by atoms with van der Waals surface area (Å²) in [5, 5.41) is 3.27. The van der Waals surface area contributed by atoms with Crippen LogP contribution < -0.4 is 15.8 Å². The molecule has 3 N–H and O–H groups in total. The van der Waals surface area contributed by atoms with Crippen molar-refractivity contribution in [1.29, 1.82) is 0 Å². The normalized spacial score (nSPS) is 16.8. The van der Waals surface area contributed by atoms with Crippen LogP contribution in [0.25, 0.3) is 0 Å². The molecule has 1 heterocycles. The Labute approximate surface area is 151 Å². The first-order valence-electron chi connectivity index (χ1n) is 8.33. The molecule has 2 aromatic carbocycles. The summed E-state index contributed by atoms with van der Waals surface area (Å²) in [5.41, 5.74) is 7.84. The van der Waals surface area contributed by atoms with Gasteiger partial charge in [0, 0.05) is 23.5 Å². The van der Waals surface area contributed by atoms with Gasteiger partial charge in [-0.25, -0.2) is 4.39 Å². The van der Waals surface area contributed by atoms with Crippen molar-refractivity contribution < 1.29 is 9.13 Å². The molecule has 0 aliphatic carbocycles. The zero-order valence-corrected chi connectivity index (χ0v) is 14.8. The van der Waals surface area contributed by atoms with Gasteiger partial charge >= 0.3 is 0 Å². The van der Waals surface area contributed by atoms with E-state index in [0.717, 1.165) is 29.1 Å². The molecule has 0 aromatic heterocycles. The van der Waals surface area contributed by atoms with Crippen molar-refractivity contribution in [3.05, 3.63) is 65.5 Å². The molecule has 0 fully saturated rings. The van der Waals surface area contributed by atoms with Crippen LogP contribution in [0.2, 0.25) is 0 Å². The van der Waals surface area contributed by atoms with Crippen molar-refractivity contribution in [3.63, 3.8) is 0 Å². The lowest BCUT2D eigenvalue weighted by Crippen LogP contribution is -2.37. The number of rotatable bonds is 6. The fourth-order valence-electron chi connectivity index (χ4n) is 2.74. The van der Waals surface area contributed by atoms with Crippen LogP contribution in [0.4, 0.5) is 4.39 Å². The molecule has 4 nitrogen and oxygen atoms in total. The molecule has 2 aromatic rings. The van der Waals surface area contributed by atoms with E-state index in [0.29, 0.717) is 24.9 Å². The Morgan fingerprint density at radius 2 is 2.04 bits per heavy atom. The number of thioether (sulfide) groups is 1. The largest absolute Gasteiger partial charge is 0.493 e. The molecule has 132 valence electrons. The highest BCUT2D eigenvalue weighted by molar-refractivity contribution is 7.98. The third kappa shape index (κ3) is 4.89. The number of nitrogens with one attached hydrogen (secondary N) is 1. The average molecular weight is 359 g/mol. The molecule has 1 atom stereocenters. The van der Waals surface area contributed by atoms with E-state index in [1.54, 1.807) is 17.8 Å². The number of aliphatic imine (C=N–C) groups is 1. The summed E-state index contributed by atoms with van der Waals surface area (Å²) < 4.78 is 19.2. The number of nitrogens with two attached hydrogens (primary N) is 1. The number of para-hydroxylation sites is 1. The minimum Gasteiger partial charge on any atom is -0.493 e. The van der Waals surface area contributed by atoms with Gasteiger partial charge in [-0.2, -0.15) is 11.8 Å². The number of fused-ring (bicyclic) bond motifs is 1. The van der Waals surface area contributed by atoms with E-state index >= 15 is 0 Å². The fraction of sp³-hybridized carbons (Fsp3) is 0.316. The second kappa shape index (κ2) is 8.76. The summed E-state index contributed by atoms with van der Waals surface area (Å²) in [7, 11) is 0. The molecule has 25 heavy (non-hydrogen) atoms. The number of halogens is 1. The Morgan fingerprint density at radius 1 is 1.24 bits per heavy atom. The second-order valence-electron chi connectivity index (χ2n) is 5.78. The number of hydrogen-bond acceptors (Lipinski definition) is 3. The Balaban J connectivity index is 1.45. The maximum absolute atomic E-state index is 13.5. The quantitative estimate of drug-likeness (QED) is 0.471. The number of hydrogen-bond donors (Lipinski definition) is 2. The van der Waals surface area contributed by atoms with E-state index in [1.807, 2.05) is 36.4 Å². The lowest BCUT2D eigenvalue weighted by molar-refractivity contribution is 0.262. The van der Waals surface area contributed by atoms with Crippen LogP contribution in [0.5, 0.6) is 5.75 Å². The maximum atomic E-state index is 13.5.